The fourth-order valence-corrected chi connectivity index (χ4v) is 4.38. The summed E-state index contributed by atoms with van der Waals surface area (Å²) in [5, 5.41) is 8.41. The van der Waals surface area contributed by atoms with Gasteiger partial charge in [-0.05, 0) is 64.4 Å². The molecule has 2 aromatic heterocycles. The fourth-order valence-electron chi connectivity index (χ4n) is 4.38. The molecule has 1 saturated carbocycles. The van der Waals surface area contributed by atoms with Crippen LogP contribution in [0.4, 0.5) is 5.82 Å². The van der Waals surface area contributed by atoms with Crippen molar-refractivity contribution in [2.24, 2.45) is 0 Å². The monoisotopic (exact) mass is 337 g/mol. The van der Waals surface area contributed by atoms with Gasteiger partial charge in [0, 0.05) is 41.4 Å². The van der Waals surface area contributed by atoms with Crippen molar-refractivity contribution in [2.75, 3.05) is 5.32 Å². The first kappa shape index (κ1) is 15.4. The summed E-state index contributed by atoms with van der Waals surface area (Å²) in [5.41, 5.74) is 5.53. The number of hydrogen-bond donors (Lipinski definition) is 1. The zero-order valence-electron chi connectivity index (χ0n) is 15.3. The molecule has 0 radical (unpaired) electrons. The van der Waals surface area contributed by atoms with Gasteiger partial charge in [-0.15, -0.1) is 0 Å². The molecule has 2 aromatic rings. The number of aryl methyl sites for hydroxylation is 2. The summed E-state index contributed by atoms with van der Waals surface area (Å²) in [7, 11) is 0. The van der Waals surface area contributed by atoms with Crippen molar-refractivity contribution >= 4 is 5.82 Å². The van der Waals surface area contributed by atoms with E-state index in [-0.39, 0.29) is 0 Å². The van der Waals surface area contributed by atoms with Crippen molar-refractivity contribution in [3.8, 4) is 0 Å². The largest absolute Gasteiger partial charge is 0.367 e. The fraction of sp³-hybridized carbons (Fsp3) is 0.650. The Bertz CT molecular complexity index is 803. The van der Waals surface area contributed by atoms with Crippen LogP contribution in [0.15, 0.2) is 6.20 Å². The molecule has 0 saturated heterocycles. The Labute approximate surface area is 149 Å². The van der Waals surface area contributed by atoms with E-state index in [0.717, 1.165) is 43.7 Å². The number of anilines is 1. The first-order chi connectivity index (χ1) is 12.2. The van der Waals surface area contributed by atoms with Crippen LogP contribution in [0.1, 0.15) is 79.8 Å². The molecule has 0 spiro atoms. The Morgan fingerprint density at radius 2 is 2.00 bits per heavy atom. The number of aromatic nitrogens is 4. The Balaban J connectivity index is 1.42. The first-order valence-corrected chi connectivity index (χ1v) is 9.90. The third-order valence-electron chi connectivity index (χ3n) is 5.91. The third-order valence-corrected chi connectivity index (χ3v) is 5.91. The standard InChI is InChI=1S/C20H27N5/c1-12(2)25-18-10-15(9-8-14(18)11-21-25)22-20-16-4-3-5-17(16)23-19(24-20)13-6-7-13/h11-13,15H,3-10H2,1-2H3,(H,22,23,24). The molecule has 5 heteroatoms. The number of hydrogen-bond acceptors (Lipinski definition) is 4. The van der Waals surface area contributed by atoms with Crippen LogP contribution in [0, 0.1) is 0 Å². The highest BCUT2D eigenvalue weighted by Crippen LogP contribution is 2.40. The molecule has 1 N–H and O–H groups in total. The molecule has 3 aliphatic rings. The summed E-state index contributed by atoms with van der Waals surface area (Å²) in [5.74, 6) is 2.84. The third kappa shape index (κ3) is 2.74. The van der Waals surface area contributed by atoms with E-state index in [1.54, 1.807) is 0 Å². The molecule has 25 heavy (non-hydrogen) atoms. The van der Waals surface area contributed by atoms with Crippen molar-refractivity contribution in [3.63, 3.8) is 0 Å². The Kier molecular flexibility index (Phi) is 3.57. The van der Waals surface area contributed by atoms with E-state index in [9.17, 15) is 0 Å². The van der Waals surface area contributed by atoms with Crippen LogP contribution in [0.3, 0.4) is 0 Å². The molecule has 0 aliphatic heterocycles. The summed E-state index contributed by atoms with van der Waals surface area (Å²) in [6, 6.07) is 0.876. The van der Waals surface area contributed by atoms with Gasteiger partial charge in [0.15, 0.2) is 0 Å². The number of nitrogens with zero attached hydrogens (tertiary/aromatic N) is 4. The van der Waals surface area contributed by atoms with Crippen molar-refractivity contribution < 1.29 is 0 Å². The van der Waals surface area contributed by atoms with Crippen LogP contribution in [-0.2, 0) is 25.7 Å². The topological polar surface area (TPSA) is 55.6 Å². The van der Waals surface area contributed by atoms with Crippen LogP contribution >= 0.6 is 0 Å². The van der Waals surface area contributed by atoms with Gasteiger partial charge in [0.2, 0.25) is 0 Å². The average Bonchev–Trinajstić information content (AvgIpc) is 3.18. The molecule has 1 unspecified atom stereocenters. The molecule has 2 heterocycles. The lowest BCUT2D eigenvalue weighted by molar-refractivity contribution is 0.483. The minimum atomic E-state index is 0.423. The first-order valence-electron chi connectivity index (χ1n) is 9.90. The van der Waals surface area contributed by atoms with E-state index in [0.29, 0.717) is 18.0 Å². The van der Waals surface area contributed by atoms with Crippen LogP contribution in [0.25, 0.3) is 0 Å². The lowest BCUT2D eigenvalue weighted by Gasteiger charge is -2.26. The van der Waals surface area contributed by atoms with Crippen molar-refractivity contribution in [1.82, 2.24) is 19.7 Å². The van der Waals surface area contributed by atoms with Gasteiger partial charge >= 0.3 is 0 Å². The highest BCUT2D eigenvalue weighted by atomic mass is 15.3. The molecule has 0 aromatic carbocycles. The molecular weight excluding hydrogens is 310 g/mol. The highest BCUT2D eigenvalue weighted by Gasteiger charge is 2.31. The molecule has 0 amide bonds. The van der Waals surface area contributed by atoms with Gasteiger partial charge in [-0.1, -0.05) is 0 Å². The zero-order chi connectivity index (χ0) is 17.0. The Morgan fingerprint density at radius 1 is 1.12 bits per heavy atom. The van der Waals surface area contributed by atoms with Gasteiger partial charge in [0.05, 0.1) is 6.20 Å². The van der Waals surface area contributed by atoms with Gasteiger partial charge in [-0.25, -0.2) is 9.97 Å². The quantitative estimate of drug-likeness (QED) is 0.926. The molecule has 1 fully saturated rings. The number of nitrogens with one attached hydrogen (secondary N) is 1. The predicted molar refractivity (Wildman–Crippen MR) is 98.1 cm³/mol. The molecule has 1 atom stereocenters. The average molecular weight is 337 g/mol. The lowest BCUT2D eigenvalue weighted by atomic mass is 9.93. The van der Waals surface area contributed by atoms with Crippen LogP contribution < -0.4 is 5.32 Å². The Morgan fingerprint density at radius 3 is 2.80 bits per heavy atom. The normalized spacial score (nSPS) is 22.1. The van der Waals surface area contributed by atoms with E-state index in [2.05, 4.69) is 35.1 Å². The molecule has 5 rings (SSSR count). The summed E-state index contributed by atoms with van der Waals surface area (Å²) in [4.78, 5) is 9.83. The number of fused-ring (bicyclic) bond motifs is 2. The molecule has 0 bridgehead atoms. The number of rotatable bonds is 4. The maximum Gasteiger partial charge on any atom is 0.134 e. The molecule has 5 nitrogen and oxygen atoms in total. The van der Waals surface area contributed by atoms with Crippen molar-refractivity contribution in [2.45, 2.75) is 83.2 Å². The second kappa shape index (κ2) is 5.82. The van der Waals surface area contributed by atoms with Crippen molar-refractivity contribution in [1.29, 1.82) is 0 Å². The van der Waals surface area contributed by atoms with Crippen molar-refractivity contribution in [3.05, 3.63) is 34.5 Å². The van der Waals surface area contributed by atoms with Crippen LogP contribution in [-0.4, -0.2) is 25.8 Å². The smallest absolute Gasteiger partial charge is 0.134 e. The van der Waals surface area contributed by atoms with Gasteiger partial charge in [0.25, 0.3) is 0 Å². The minimum absolute atomic E-state index is 0.423. The highest BCUT2D eigenvalue weighted by molar-refractivity contribution is 5.50. The van der Waals surface area contributed by atoms with Crippen LogP contribution in [0.5, 0.6) is 0 Å². The van der Waals surface area contributed by atoms with E-state index in [1.807, 2.05) is 0 Å². The van der Waals surface area contributed by atoms with Gasteiger partial charge < -0.3 is 5.32 Å². The molecule has 132 valence electrons. The summed E-state index contributed by atoms with van der Waals surface area (Å²) < 4.78 is 2.20. The Hall–Kier alpha value is -1.91. The lowest BCUT2D eigenvalue weighted by Crippen LogP contribution is -2.30. The van der Waals surface area contributed by atoms with Gasteiger partial charge in [-0.2, -0.15) is 5.10 Å². The second-order valence-corrected chi connectivity index (χ2v) is 8.22. The van der Waals surface area contributed by atoms with Gasteiger partial charge in [-0.3, -0.25) is 4.68 Å². The molecular formula is C20H27N5. The van der Waals surface area contributed by atoms with E-state index in [1.165, 1.54) is 41.8 Å². The summed E-state index contributed by atoms with van der Waals surface area (Å²) in [6.07, 6.45) is 11.4. The van der Waals surface area contributed by atoms with Gasteiger partial charge in [0.1, 0.15) is 11.6 Å². The maximum absolute atomic E-state index is 4.96. The summed E-state index contributed by atoms with van der Waals surface area (Å²) in [6.45, 7) is 4.42. The predicted octanol–water partition coefficient (Wildman–Crippen LogP) is 3.59. The van der Waals surface area contributed by atoms with E-state index < -0.39 is 0 Å². The van der Waals surface area contributed by atoms with Crippen LogP contribution in [0.2, 0.25) is 0 Å². The zero-order valence-corrected chi connectivity index (χ0v) is 15.3. The SMILES string of the molecule is CC(C)n1ncc2c1CC(Nc1nc(C3CC3)nc3c1CCC3)CC2. The van der Waals surface area contributed by atoms with E-state index >= 15 is 0 Å². The maximum atomic E-state index is 4.96. The minimum Gasteiger partial charge on any atom is -0.367 e. The summed E-state index contributed by atoms with van der Waals surface area (Å²) >= 11 is 0. The second-order valence-electron chi connectivity index (χ2n) is 8.22. The molecule has 3 aliphatic carbocycles. The van der Waals surface area contributed by atoms with E-state index in [4.69, 9.17) is 9.97 Å².